The van der Waals surface area contributed by atoms with Crippen LogP contribution in [-0.4, -0.2) is 11.8 Å². The summed E-state index contributed by atoms with van der Waals surface area (Å²) in [7, 11) is 0. The van der Waals surface area contributed by atoms with Crippen molar-refractivity contribution in [2.24, 2.45) is 0 Å². The summed E-state index contributed by atoms with van der Waals surface area (Å²) in [5.74, 6) is 2.82. The lowest BCUT2D eigenvalue weighted by Crippen LogP contribution is -1.93. The monoisotopic (exact) mass is 280 g/mol. The molecule has 0 aliphatic carbocycles. The zero-order valence-corrected chi connectivity index (χ0v) is 11.1. The zero-order chi connectivity index (χ0) is 14.2. The smallest absolute Gasteiger partial charge is 0.231 e. The van der Waals surface area contributed by atoms with Crippen molar-refractivity contribution >= 4 is 16.5 Å². The summed E-state index contributed by atoms with van der Waals surface area (Å²) in [6.45, 7) is 0.245. The number of hydrogen-bond acceptors (Lipinski definition) is 5. The minimum atomic E-state index is 0.245. The van der Waals surface area contributed by atoms with Crippen LogP contribution in [0.25, 0.3) is 10.8 Å². The molecule has 0 amide bonds. The Morgan fingerprint density at radius 3 is 2.86 bits per heavy atom. The van der Waals surface area contributed by atoms with Crippen LogP contribution in [0.5, 0.6) is 23.0 Å². The minimum absolute atomic E-state index is 0.245. The zero-order valence-electron chi connectivity index (χ0n) is 11.1. The van der Waals surface area contributed by atoms with Gasteiger partial charge >= 0.3 is 0 Å². The van der Waals surface area contributed by atoms with E-state index in [-0.39, 0.29) is 6.79 Å². The van der Waals surface area contributed by atoms with Crippen LogP contribution < -0.4 is 19.9 Å². The van der Waals surface area contributed by atoms with Gasteiger partial charge in [0.15, 0.2) is 11.5 Å². The lowest BCUT2D eigenvalue weighted by molar-refractivity contribution is 0.174. The second-order valence-corrected chi connectivity index (χ2v) is 4.69. The van der Waals surface area contributed by atoms with E-state index in [1.54, 1.807) is 12.4 Å². The Balaban J connectivity index is 1.76. The average Bonchev–Trinajstić information content (AvgIpc) is 2.98. The van der Waals surface area contributed by atoms with Crippen LogP contribution in [0.3, 0.4) is 0 Å². The summed E-state index contributed by atoms with van der Waals surface area (Å²) in [5, 5.41) is 1.79. The summed E-state index contributed by atoms with van der Waals surface area (Å²) in [6.07, 6.45) is 3.45. The number of anilines is 1. The number of hydrogen-bond donors (Lipinski definition) is 1. The number of ether oxygens (including phenoxy) is 3. The van der Waals surface area contributed by atoms with E-state index < -0.39 is 0 Å². The molecule has 2 heterocycles. The molecule has 21 heavy (non-hydrogen) atoms. The van der Waals surface area contributed by atoms with Crippen molar-refractivity contribution < 1.29 is 14.2 Å². The van der Waals surface area contributed by atoms with Crippen molar-refractivity contribution in [1.82, 2.24) is 4.98 Å². The van der Waals surface area contributed by atoms with Crippen molar-refractivity contribution in [1.29, 1.82) is 0 Å². The largest absolute Gasteiger partial charge is 0.457 e. The van der Waals surface area contributed by atoms with E-state index in [4.69, 9.17) is 19.9 Å². The Morgan fingerprint density at radius 1 is 1.00 bits per heavy atom. The van der Waals surface area contributed by atoms with Gasteiger partial charge in [-0.3, -0.25) is 4.98 Å². The van der Waals surface area contributed by atoms with Crippen LogP contribution >= 0.6 is 0 Å². The Kier molecular flexibility index (Phi) is 2.57. The summed E-state index contributed by atoms with van der Waals surface area (Å²) in [5.41, 5.74) is 6.64. The van der Waals surface area contributed by atoms with Gasteiger partial charge in [-0.05, 0) is 30.3 Å². The molecule has 0 fully saturated rings. The fourth-order valence-electron chi connectivity index (χ4n) is 2.34. The maximum Gasteiger partial charge on any atom is 0.231 e. The number of fused-ring (bicyclic) bond motifs is 2. The van der Waals surface area contributed by atoms with Gasteiger partial charge in [-0.15, -0.1) is 0 Å². The highest BCUT2D eigenvalue weighted by molar-refractivity contribution is 5.96. The summed E-state index contributed by atoms with van der Waals surface area (Å²) >= 11 is 0. The summed E-state index contributed by atoms with van der Waals surface area (Å²) < 4.78 is 16.6. The molecule has 2 aromatic carbocycles. The molecule has 5 heteroatoms. The van der Waals surface area contributed by atoms with Gasteiger partial charge < -0.3 is 19.9 Å². The van der Waals surface area contributed by atoms with E-state index in [9.17, 15) is 0 Å². The van der Waals surface area contributed by atoms with Gasteiger partial charge in [-0.1, -0.05) is 0 Å². The predicted octanol–water partition coefficient (Wildman–Crippen LogP) is 3.34. The van der Waals surface area contributed by atoms with Gasteiger partial charge in [0.25, 0.3) is 0 Å². The molecular weight excluding hydrogens is 268 g/mol. The van der Waals surface area contributed by atoms with Crippen LogP contribution in [0.4, 0.5) is 5.69 Å². The minimum Gasteiger partial charge on any atom is -0.457 e. The van der Waals surface area contributed by atoms with E-state index >= 15 is 0 Å². The van der Waals surface area contributed by atoms with E-state index in [1.807, 2.05) is 36.4 Å². The topological polar surface area (TPSA) is 66.6 Å². The Hall–Kier alpha value is -2.95. The molecule has 3 aromatic rings. The standard InChI is InChI=1S/C16H12N2O3/c17-13-2-4-14(11-5-6-18-8-12(11)13)21-10-1-3-15-16(7-10)20-9-19-15/h1-8H,9,17H2. The SMILES string of the molecule is Nc1ccc(Oc2ccc3c(c2)OCO3)c2ccncc12. The maximum atomic E-state index is 5.96. The van der Waals surface area contributed by atoms with Crippen molar-refractivity contribution in [3.05, 3.63) is 48.8 Å². The number of nitrogens with zero attached hydrogens (tertiary/aromatic N) is 1. The van der Waals surface area contributed by atoms with Gasteiger partial charge in [0, 0.05) is 34.9 Å². The van der Waals surface area contributed by atoms with Gasteiger partial charge in [0.1, 0.15) is 11.5 Å². The molecule has 0 atom stereocenters. The summed E-state index contributed by atoms with van der Waals surface area (Å²) in [4.78, 5) is 4.10. The van der Waals surface area contributed by atoms with Gasteiger partial charge in [-0.2, -0.15) is 0 Å². The predicted molar refractivity (Wildman–Crippen MR) is 78.8 cm³/mol. The first-order valence-corrected chi connectivity index (χ1v) is 6.51. The second-order valence-electron chi connectivity index (χ2n) is 4.69. The molecular formula is C16H12N2O3. The molecule has 4 rings (SSSR count). The number of benzene rings is 2. The van der Waals surface area contributed by atoms with E-state index in [0.717, 1.165) is 22.3 Å². The molecule has 5 nitrogen and oxygen atoms in total. The second kappa shape index (κ2) is 4.56. The first kappa shape index (κ1) is 11.8. The van der Waals surface area contributed by atoms with E-state index in [1.165, 1.54) is 0 Å². The molecule has 2 N–H and O–H groups in total. The molecule has 1 aliphatic heterocycles. The van der Waals surface area contributed by atoms with Crippen LogP contribution in [0.1, 0.15) is 0 Å². The average molecular weight is 280 g/mol. The molecule has 104 valence electrons. The van der Waals surface area contributed by atoms with Crippen molar-refractivity contribution in [2.45, 2.75) is 0 Å². The Bertz CT molecular complexity index is 833. The quantitative estimate of drug-likeness (QED) is 0.729. The van der Waals surface area contributed by atoms with Crippen LogP contribution in [0.2, 0.25) is 0 Å². The number of nitrogen functional groups attached to an aromatic ring is 1. The van der Waals surface area contributed by atoms with Crippen LogP contribution in [-0.2, 0) is 0 Å². The van der Waals surface area contributed by atoms with Gasteiger partial charge in [0.05, 0.1) is 0 Å². The number of pyridine rings is 1. The third kappa shape index (κ3) is 1.99. The third-order valence-corrected chi connectivity index (χ3v) is 3.38. The maximum absolute atomic E-state index is 5.96. The molecule has 0 bridgehead atoms. The number of rotatable bonds is 2. The molecule has 0 saturated heterocycles. The lowest BCUT2D eigenvalue weighted by Gasteiger charge is -2.10. The Labute approximate surface area is 120 Å². The highest BCUT2D eigenvalue weighted by Gasteiger charge is 2.14. The van der Waals surface area contributed by atoms with Gasteiger partial charge in [0.2, 0.25) is 6.79 Å². The van der Waals surface area contributed by atoms with Crippen molar-refractivity contribution in [3.63, 3.8) is 0 Å². The Morgan fingerprint density at radius 2 is 1.90 bits per heavy atom. The van der Waals surface area contributed by atoms with E-state index in [0.29, 0.717) is 17.2 Å². The normalized spacial score (nSPS) is 12.6. The van der Waals surface area contributed by atoms with Crippen molar-refractivity contribution in [2.75, 3.05) is 12.5 Å². The first-order chi connectivity index (χ1) is 10.3. The van der Waals surface area contributed by atoms with Crippen LogP contribution in [0.15, 0.2) is 48.8 Å². The fourth-order valence-corrected chi connectivity index (χ4v) is 2.34. The third-order valence-electron chi connectivity index (χ3n) is 3.38. The molecule has 0 spiro atoms. The first-order valence-electron chi connectivity index (χ1n) is 6.51. The van der Waals surface area contributed by atoms with Gasteiger partial charge in [-0.25, -0.2) is 0 Å². The lowest BCUT2D eigenvalue weighted by atomic mass is 10.1. The molecule has 0 radical (unpaired) electrons. The van der Waals surface area contributed by atoms with Crippen LogP contribution in [0, 0.1) is 0 Å². The fraction of sp³-hybridized carbons (Fsp3) is 0.0625. The molecule has 1 aliphatic rings. The highest BCUT2D eigenvalue weighted by atomic mass is 16.7. The van der Waals surface area contributed by atoms with Crippen molar-refractivity contribution in [3.8, 4) is 23.0 Å². The number of aromatic nitrogens is 1. The summed E-state index contributed by atoms with van der Waals surface area (Å²) in [6, 6.07) is 11.0. The van der Waals surface area contributed by atoms with E-state index in [2.05, 4.69) is 4.98 Å². The molecule has 0 saturated carbocycles. The molecule has 0 unspecified atom stereocenters. The number of nitrogens with two attached hydrogens (primary N) is 1. The molecule has 1 aromatic heterocycles. The highest BCUT2D eigenvalue weighted by Crippen LogP contribution is 2.38.